The average Bonchev–Trinajstić information content (AvgIpc) is 2.58. The molecule has 5 nitrogen and oxygen atoms in total. The molecule has 0 aliphatic carbocycles. The van der Waals surface area contributed by atoms with Crippen LogP contribution in [0, 0.1) is 6.92 Å². The fraction of sp³-hybridized carbons (Fsp3) is 0.316. The minimum Gasteiger partial charge on any atom is -0.366 e. The largest absolute Gasteiger partial charge is 0.366 e. The van der Waals surface area contributed by atoms with E-state index in [1.165, 1.54) is 5.56 Å². The highest BCUT2D eigenvalue weighted by atomic mass is 15.3. The van der Waals surface area contributed by atoms with Crippen LogP contribution in [-0.4, -0.2) is 28.0 Å². The molecular weight excluding hydrogens is 298 g/mol. The molecule has 3 aromatic rings. The SMILES string of the molecule is Cc1cc(NCc2ccc3cccnc3c2)nc(N(C)C(C)C)n1. The molecule has 2 heterocycles. The highest BCUT2D eigenvalue weighted by molar-refractivity contribution is 5.78. The van der Waals surface area contributed by atoms with Gasteiger partial charge in [-0.1, -0.05) is 18.2 Å². The first-order valence-electron chi connectivity index (χ1n) is 8.19. The van der Waals surface area contributed by atoms with Gasteiger partial charge in [-0.3, -0.25) is 4.98 Å². The summed E-state index contributed by atoms with van der Waals surface area (Å²) < 4.78 is 0. The molecule has 2 aromatic heterocycles. The monoisotopic (exact) mass is 321 g/mol. The van der Waals surface area contributed by atoms with Crippen LogP contribution in [0.3, 0.4) is 0 Å². The van der Waals surface area contributed by atoms with E-state index in [1.807, 2.05) is 32.3 Å². The predicted molar refractivity (Wildman–Crippen MR) is 99.4 cm³/mol. The third-order valence-electron chi connectivity index (χ3n) is 4.08. The van der Waals surface area contributed by atoms with Crippen LogP contribution >= 0.6 is 0 Å². The van der Waals surface area contributed by atoms with Gasteiger partial charge in [0, 0.05) is 43.0 Å². The van der Waals surface area contributed by atoms with Crippen molar-refractivity contribution in [2.24, 2.45) is 0 Å². The summed E-state index contributed by atoms with van der Waals surface area (Å²) in [5.41, 5.74) is 3.14. The molecule has 1 N–H and O–H groups in total. The molecule has 0 atom stereocenters. The summed E-state index contributed by atoms with van der Waals surface area (Å²) in [5.74, 6) is 1.58. The first kappa shape index (κ1) is 16.2. The first-order valence-corrected chi connectivity index (χ1v) is 8.19. The number of pyridine rings is 1. The summed E-state index contributed by atoms with van der Waals surface area (Å²) in [6, 6.07) is 12.7. The number of hydrogen-bond acceptors (Lipinski definition) is 5. The smallest absolute Gasteiger partial charge is 0.227 e. The molecule has 0 unspecified atom stereocenters. The lowest BCUT2D eigenvalue weighted by molar-refractivity contribution is 0.727. The van der Waals surface area contributed by atoms with Crippen molar-refractivity contribution < 1.29 is 0 Å². The lowest BCUT2D eigenvalue weighted by Crippen LogP contribution is -2.28. The zero-order valence-corrected chi connectivity index (χ0v) is 14.6. The van der Waals surface area contributed by atoms with Crippen molar-refractivity contribution in [2.75, 3.05) is 17.3 Å². The highest BCUT2D eigenvalue weighted by Crippen LogP contribution is 2.17. The van der Waals surface area contributed by atoms with Crippen LogP contribution in [0.25, 0.3) is 10.9 Å². The van der Waals surface area contributed by atoms with E-state index in [0.29, 0.717) is 12.6 Å². The van der Waals surface area contributed by atoms with Crippen molar-refractivity contribution in [3.63, 3.8) is 0 Å². The van der Waals surface area contributed by atoms with E-state index in [0.717, 1.165) is 28.4 Å². The number of nitrogens with zero attached hydrogens (tertiary/aromatic N) is 4. The Morgan fingerprint density at radius 3 is 2.75 bits per heavy atom. The highest BCUT2D eigenvalue weighted by Gasteiger charge is 2.10. The van der Waals surface area contributed by atoms with Gasteiger partial charge in [0.25, 0.3) is 0 Å². The fourth-order valence-corrected chi connectivity index (χ4v) is 2.45. The van der Waals surface area contributed by atoms with Gasteiger partial charge in [-0.05, 0) is 38.5 Å². The zero-order valence-electron chi connectivity index (χ0n) is 14.6. The number of rotatable bonds is 5. The quantitative estimate of drug-likeness (QED) is 0.775. The van der Waals surface area contributed by atoms with Crippen molar-refractivity contribution in [1.29, 1.82) is 0 Å². The van der Waals surface area contributed by atoms with E-state index in [2.05, 4.69) is 63.3 Å². The van der Waals surface area contributed by atoms with Crippen LogP contribution in [-0.2, 0) is 6.54 Å². The van der Waals surface area contributed by atoms with Crippen molar-refractivity contribution in [3.8, 4) is 0 Å². The standard InChI is InChI=1S/C19H23N5/c1-13(2)24(4)19-22-14(3)10-18(23-19)21-12-15-7-8-16-6-5-9-20-17(16)11-15/h5-11,13H,12H2,1-4H3,(H,21,22,23). The molecule has 0 spiro atoms. The lowest BCUT2D eigenvalue weighted by atomic mass is 10.1. The van der Waals surface area contributed by atoms with Crippen molar-refractivity contribution >= 4 is 22.7 Å². The van der Waals surface area contributed by atoms with E-state index >= 15 is 0 Å². The molecular formula is C19H23N5. The molecule has 0 radical (unpaired) electrons. The molecule has 3 rings (SSSR count). The van der Waals surface area contributed by atoms with Crippen LogP contribution in [0.5, 0.6) is 0 Å². The van der Waals surface area contributed by atoms with E-state index < -0.39 is 0 Å². The summed E-state index contributed by atoms with van der Waals surface area (Å²) in [7, 11) is 2.01. The van der Waals surface area contributed by atoms with Crippen LogP contribution in [0.2, 0.25) is 0 Å². The van der Waals surface area contributed by atoms with Gasteiger partial charge < -0.3 is 10.2 Å². The van der Waals surface area contributed by atoms with Gasteiger partial charge in [0.1, 0.15) is 5.82 Å². The number of hydrogen-bond donors (Lipinski definition) is 1. The summed E-state index contributed by atoms with van der Waals surface area (Å²) in [6.45, 7) is 6.94. The molecule has 0 aliphatic heterocycles. The van der Waals surface area contributed by atoms with Gasteiger partial charge in [-0.25, -0.2) is 4.98 Å². The molecule has 24 heavy (non-hydrogen) atoms. The normalized spacial score (nSPS) is 11.0. The number of fused-ring (bicyclic) bond motifs is 1. The number of benzene rings is 1. The minimum atomic E-state index is 0.353. The maximum atomic E-state index is 4.62. The Morgan fingerprint density at radius 2 is 1.96 bits per heavy atom. The maximum Gasteiger partial charge on any atom is 0.227 e. The number of aryl methyl sites for hydroxylation is 1. The summed E-state index contributed by atoms with van der Waals surface area (Å²) in [5, 5.41) is 4.55. The Labute approximate surface area is 142 Å². The van der Waals surface area contributed by atoms with Crippen LogP contribution < -0.4 is 10.2 Å². The Kier molecular flexibility index (Phi) is 4.60. The average molecular weight is 321 g/mol. The van der Waals surface area contributed by atoms with Crippen molar-refractivity contribution in [2.45, 2.75) is 33.4 Å². The molecule has 0 saturated heterocycles. The Hall–Kier alpha value is -2.69. The molecule has 124 valence electrons. The summed E-state index contributed by atoms with van der Waals surface area (Å²) in [4.78, 5) is 15.6. The zero-order chi connectivity index (χ0) is 17.1. The Balaban J connectivity index is 1.78. The minimum absolute atomic E-state index is 0.353. The van der Waals surface area contributed by atoms with Gasteiger partial charge in [-0.15, -0.1) is 0 Å². The number of aromatic nitrogens is 3. The van der Waals surface area contributed by atoms with Crippen LogP contribution in [0.4, 0.5) is 11.8 Å². The third-order valence-corrected chi connectivity index (χ3v) is 4.08. The number of nitrogens with one attached hydrogen (secondary N) is 1. The molecule has 0 saturated carbocycles. The third kappa shape index (κ3) is 3.62. The second-order valence-corrected chi connectivity index (χ2v) is 6.28. The lowest BCUT2D eigenvalue weighted by Gasteiger charge is -2.22. The number of anilines is 2. The second kappa shape index (κ2) is 6.83. The van der Waals surface area contributed by atoms with Crippen LogP contribution in [0.1, 0.15) is 25.1 Å². The molecule has 0 bridgehead atoms. The van der Waals surface area contributed by atoms with Gasteiger partial charge in [0.2, 0.25) is 5.95 Å². The van der Waals surface area contributed by atoms with Gasteiger partial charge in [0.05, 0.1) is 5.52 Å². The van der Waals surface area contributed by atoms with Gasteiger partial charge in [-0.2, -0.15) is 4.98 Å². The Morgan fingerprint density at radius 1 is 1.12 bits per heavy atom. The molecule has 1 aromatic carbocycles. The van der Waals surface area contributed by atoms with Crippen molar-refractivity contribution in [1.82, 2.24) is 15.0 Å². The van der Waals surface area contributed by atoms with Crippen LogP contribution in [0.15, 0.2) is 42.6 Å². The molecule has 5 heteroatoms. The van der Waals surface area contributed by atoms with Crippen molar-refractivity contribution in [3.05, 3.63) is 53.9 Å². The van der Waals surface area contributed by atoms with E-state index in [1.54, 1.807) is 0 Å². The molecule has 0 aliphatic rings. The summed E-state index contributed by atoms with van der Waals surface area (Å²) >= 11 is 0. The maximum absolute atomic E-state index is 4.62. The Bertz CT molecular complexity index is 844. The molecule has 0 amide bonds. The van der Waals surface area contributed by atoms with E-state index in [4.69, 9.17) is 0 Å². The second-order valence-electron chi connectivity index (χ2n) is 6.28. The fourth-order valence-electron chi connectivity index (χ4n) is 2.45. The van der Waals surface area contributed by atoms with Gasteiger partial charge >= 0.3 is 0 Å². The van der Waals surface area contributed by atoms with Gasteiger partial charge in [0.15, 0.2) is 0 Å². The van der Waals surface area contributed by atoms with E-state index in [9.17, 15) is 0 Å². The first-order chi connectivity index (χ1) is 11.5. The molecule has 0 fully saturated rings. The summed E-state index contributed by atoms with van der Waals surface area (Å²) in [6.07, 6.45) is 1.82. The predicted octanol–water partition coefficient (Wildman–Crippen LogP) is 3.79. The topological polar surface area (TPSA) is 53.9 Å². The van der Waals surface area contributed by atoms with E-state index in [-0.39, 0.29) is 0 Å².